The van der Waals surface area contributed by atoms with Crippen LogP contribution in [0.1, 0.15) is 16.7 Å². The lowest BCUT2D eigenvalue weighted by atomic mass is 10.1. The van der Waals surface area contributed by atoms with Gasteiger partial charge in [0.25, 0.3) is 0 Å². The van der Waals surface area contributed by atoms with Crippen LogP contribution in [0.15, 0.2) is 42.5 Å². The minimum absolute atomic E-state index is 0.339. The summed E-state index contributed by atoms with van der Waals surface area (Å²) in [4.78, 5) is 2.02. The van der Waals surface area contributed by atoms with Crippen molar-refractivity contribution in [3.8, 4) is 6.07 Å². The van der Waals surface area contributed by atoms with Crippen molar-refractivity contribution in [1.82, 2.24) is 4.90 Å². The van der Waals surface area contributed by atoms with E-state index in [1.54, 1.807) is 6.07 Å². The van der Waals surface area contributed by atoms with Crippen molar-refractivity contribution >= 4 is 11.6 Å². The van der Waals surface area contributed by atoms with Gasteiger partial charge in [0, 0.05) is 18.1 Å². The number of hydrogen-bond donors (Lipinski definition) is 0. The molecule has 4 heteroatoms. The maximum absolute atomic E-state index is 13.4. The number of halogens is 2. The SMILES string of the molecule is CN(Cc1cc(F)cc(C#N)c1)Cc1ccccc1Cl. The van der Waals surface area contributed by atoms with Crippen LogP contribution in [-0.2, 0) is 13.1 Å². The van der Waals surface area contributed by atoms with Gasteiger partial charge in [0.15, 0.2) is 0 Å². The van der Waals surface area contributed by atoms with Gasteiger partial charge < -0.3 is 0 Å². The van der Waals surface area contributed by atoms with Crippen LogP contribution < -0.4 is 0 Å². The molecule has 0 unspecified atom stereocenters. The Morgan fingerprint density at radius 3 is 2.65 bits per heavy atom. The highest BCUT2D eigenvalue weighted by Gasteiger charge is 2.07. The van der Waals surface area contributed by atoms with Crippen molar-refractivity contribution in [2.45, 2.75) is 13.1 Å². The molecule has 2 aromatic rings. The lowest BCUT2D eigenvalue weighted by molar-refractivity contribution is 0.318. The quantitative estimate of drug-likeness (QED) is 0.851. The Kier molecular flexibility index (Phi) is 4.73. The van der Waals surface area contributed by atoms with Crippen molar-refractivity contribution < 1.29 is 4.39 Å². The average Bonchev–Trinajstić information content (AvgIpc) is 2.40. The van der Waals surface area contributed by atoms with Gasteiger partial charge in [-0.05, 0) is 42.4 Å². The zero-order valence-electron chi connectivity index (χ0n) is 11.1. The van der Waals surface area contributed by atoms with Crippen LogP contribution in [0.2, 0.25) is 5.02 Å². The summed E-state index contributed by atoms with van der Waals surface area (Å²) < 4.78 is 13.4. The molecule has 0 heterocycles. The van der Waals surface area contributed by atoms with Gasteiger partial charge in [-0.25, -0.2) is 4.39 Å². The number of benzene rings is 2. The molecule has 0 spiro atoms. The molecule has 0 saturated heterocycles. The van der Waals surface area contributed by atoms with Crippen LogP contribution in [0.4, 0.5) is 4.39 Å². The zero-order chi connectivity index (χ0) is 14.5. The smallest absolute Gasteiger partial charge is 0.124 e. The highest BCUT2D eigenvalue weighted by molar-refractivity contribution is 6.31. The average molecular weight is 289 g/mol. The van der Waals surface area contributed by atoms with Crippen molar-refractivity contribution in [3.05, 3.63) is 70.0 Å². The summed E-state index contributed by atoms with van der Waals surface area (Å²) in [7, 11) is 1.93. The lowest BCUT2D eigenvalue weighted by Crippen LogP contribution is -2.17. The van der Waals surface area contributed by atoms with E-state index in [9.17, 15) is 4.39 Å². The van der Waals surface area contributed by atoms with Crippen molar-refractivity contribution in [2.75, 3.05) is 7.05 Å². The molecule has 0 atom stereocenters. The summed E-state index contributed by atoms with van der Waals surface area (Å²) in [6.07, 6.45) is 0. The molecule has 0 aliphatic carbocycles. The van der Waals surface area contributed by atoms with Crippen LogP contribution in [0.5, 0.6) is 0 Å². The molecule has 0 aliphatic heterocycles. The standard InChI is InChI=1S/C16H14ClFN2/c1-20(11-14-4-2-3-5-16(14)17)10-13-6-12(9-19)7-15(18)8-13/h2-8H,10-11H2,1H3. The maximum atomic E-state index is 13.4. The van der Waals surface area contributed by atoms with Crippen molar-refractivity contribution in [3.63, 3.8) is 0 Å². The Bertz CT molecular complexity index is 649. The number of hydrogen-bond acceptors (Lipinski definition) is 2. The van der Waals surface area contributed by atoms with Crippen LogP contribution in [0, 0.1) is 17.1 Å². The fourth-order valence-corrected chi connectivity index (χ4v) is 2.29. The first-order valence-corrected chi connectivity index (χ1v) is 6.58. The van der Waals surface area contributed by atoms with Gasteiger partial charge in [0.2, 0.25) is 0 Å². The second-order valence-corrected chi connectivity index (χ2v) is 5.13. The Morgan fingerprint density at radius 2 is 1.95 bits per heavy atom. The highest BCUT2D eigenvalue weighted by atomic mass is 35.5. The first-order valence-electron chi connectivity index (χ1n) is 6.20. The summed E-state index contributed by atoms with van der Waals surface area (Å²) in [5.41, 5.74) is 2.14. The Balaban J connectivity index is 2.09. The van der Waals surface area contributed by atoms with Gasteiger partial charge in [-0.2, -0.15) is 5.26 Å². The monoisotopic (exact) mass is 288 g/mol. The lowest BCUT2D eigenvalue weighted by Gasteiger charge is -2.17. The maximum Gasteiger partial charge on any atom is 0.124 e. The second kappa shape index (κ2) is 6.51. The Hall–Kier alpha value is -1.89. The van der Waals surface area contributed by atoms with Gasteiger partial charge in [-0.3, -0.25) is 4.90 Å². The van der Waals surface area contributed by atoms with E-state index in [-0.39, 0.29) is 5.82 Å². The molecule has 102 valence electrons. The molecule has 0 N–H and O–H groups in total. The zero-order valence-corrected chi connectivity index (χ0v) is 11.9. The molecule has 0 aliphatic rings. The first kappa shape index (κ1) is 14.5. The predicted molar refractivity (Wildman–Crippen MR) is 77.7 cm³/mol. The summed E-state index contributed by atoms with van der Waals surface area (Å²) in [6, 6.07) is 14.0. The third-order valence-corrected chi connectivity index (χ3v) is 3.31. The number of nitriles is 1. The van der Waals surface area contributed by atoms with E-state index in [1.165, 1.54) is 12.1 Å². The van der Waals surface area contributed by atoms with Gasteiger partial charge >= 0.3 is 0 Å². The Morgan fingerprint density at radius 1 is 1.20 bits per heavy atom. The van der Waals surface area contributed by atoms with E-state index < -0.39 is 0 Å². The van der Waals surface area contributed by atoms with Gasteiger partial charge in [-0.15, -0.1) is 0 Å². The van der Waals surface area contributed by atoms with Crippen molar-refractivity contribution in [2.24, 2.45) is 0 Å². The first-order chi connectivity index (χ1) is 9.58. The third kappa shape index (κ3) is 3.80. The van der Waals surface area contributed by atoms with E-state index in [4.69, 9.17) is 16.9 Å². The van der Waals surface area contributed by atoms with Crippen LogP contribution in [0.3, 0.4) is 0 Å². The van der Waals surface area contributed by atoms with Crippen LogP contribution in [0.25, 0.3) is 0 Å². The summed E-state index contributed by atoms with van der Waals surface area (Å²) in [6.45, 7) is 1.22. The summed E-state index contributed by atoms with van der Waals surface area (Å²) in [5.74, 6) is -0.384. The molecule has 20 heavy (non-hydrogen) atoms. The van der Waals surface area contributed by atoms with E-state index in [0.29, 0.717) is 18.7 Å². The van der Waals surface area contributed by atoms with Crippen LogP contribution in [-0.4, -0.2) is 11.9 Å². The van der Waals surface area contributed by atoms with E-state index in [0.717, 1.165) is 16.1 Å². The van der Waals surface area contributed by atoms with Gasteiger partial charge in [0.1, 0.15) is 5.82 Å². The van der Waals surface area contributed by atoms with E-state index in [2.05, 4.69) is 0 Å². The number of rotatable bonds is 4. The van der Waals surface area contributed by atoms with Gasteiger partial charge in [0.05, 0.1) is 11.6 Å². The highest BCUT2D eigenvalue weighted by Crippen LogP contribution is 2.18. The normalized spacial score (nSPS) is 10.6. The predicted octanol–water partition coefficient (Wildman–Crippen LogP) is 3.98. The molecule has 0 fully saturated rings. The molecular formula is C16H14ClFN2. The summed E-state index contributed by atoms with van der Waals surface area (Å²) >= 11 is 6.11. The fourth-order valence-electron chi connectivity index (χ4n) is 2.09. The minimum Gasteiger partial charge on any atom is -0.298 e. The largest absolute Gasteiger partial charge is 0.298 e. The van der Waals surface area contributed by atoms with E-state index in [1.807, 2.05) is 42.3 Å². The molecule has 0 bridgehead atoms. The second-order valence-electron chi connectivity index (χ2n) is 4.72. The molecule has 0 amide bonds. The molecule has 2 nitrogen and oxygen atoms in total. The molecule has 0 saturated carbocycles. The number of nitrogens with zero attached hydrogens (tertiary/aromatic N) is 2. The Labute approximate surface area is 123 Å². The molecule has 0 radical (unpaired) electrons. The van der Waals surface area contributed by atoms with E-state index >= 15 is 0 Å². The minimum atomic E-state index is -0.384. The topological polar surface area (TPSA) is 27.0 Å². The molecule has 0 aromatic heterocycles. The summed E-state index contributed by atoms with van der Waals surface area (Å²) in [5, 5.41) is 9.56. The van der Waals surface area contributed by atoms with Crippen LogP contribution >= 0.6 is 11.6 Å². The molecule has 2 aromatic carbocycles. The molecular weight excluding hydrogens is 275 g/mol. The van der Waals surface area contributed by atoms with Crippen molar-refractivity contribution in [1.29, 1.82) is 5.26 Å². The molecule has 2 rings (SSSR count). The van der Waals surface area contributed by atoms with Gasteiger partial charge in [-0.1, -0.05) is 29.8 Å². The fraction of sp³-hybridized carbons (Fsp3) is 0.188. The third-order valence-electron chi connectivity index (χ3n) is 2.94.